The van der Waals surface area contributed by atoms with E-state index in [0.717, 1.165) is 23.3 Å². The van der Waals surface area contributed by atoms with Crippen LogP contribution in [0.25, 0.3) is 11.1 Å². The average Bonchev–Trinajstić information content (AvgIpc) is 3.01. The predicted molar refractivity (Wildman–Crippen MR) is 97.9 cm³/mol. The van der Waals surface area contributed by atoms with E-state index in [-0.39, 0.29) is 24.2 Å². The van der Waals surface area contributed by atoms with Gasteiger partial charge in [0.1, 0.15) is 12.4 Å². The minimum atomic E-state index is -4.38. The van der Waals surface area contributed by atoms with Crippen LogP contribution in [-0.4, -0.2) is 39.1 Å². The molecule has 29 heavy (non-hydrogen) atoms. The van der Waals surface area contributed by atoms with Gasteiger partial charge >= 0.3 is 6.18 Å². The Morgan fingerprint density at radius 1 is 1.14 bits per heavy atom. The maximum atomic E-state index is 12.8. The number of aromatic amines is 1. The first-order valence-electron chi connectivity index (χ1n) is 8.72. The zero-order valence-electron chi connectivity index (χ0n) is 15.0. The Morgan fingerprint density at radius 2 is 1.86 bits per heavy atom. The SMILES string of the molecule is Nc1n[nH]c(C(=O)N2CCOc3ccc(-c4ccc(C(F)(F)F)cc4)cc3C2)n1. The zero-order valence-corrected chi connectivity index (χ0v) is 15.0. The lowest BCUT2D eigenvalue weighted by molar-refractivity contribution is -0.137. The maximum Gasteiger partial charge on any atom is 0.416 e. The van der Waals surface area contributed by atoms with Crippen LogP contribution in [0.15, 0.2) is 42.5 Å². The number of ether oxygens (including phenoxy) is 1. The number of aromatic nitrogens is 3. The summed E-state index contributed by atoms with van der Waals surface area (Å²) < 4.78 is 44.0. The van der Waals surface area contributed by atoms with Crippen LogP contribution in [0.2, 0.25) is 0 Å². The number of nitrogen functional groups attached to an aromatic ring is 1. The molecule has 4 rings (SSSR count). The minimum absolute atomic E-state index is 0.0237. The van der Waals surface area contributed by atoms with Crippen LogP contribution in [0.3, 0.4) is 0 Å². The van der Waals surface area contributed by atoms with Crippen molar-refractivity contribution in [2.45, 2.75) is 12.7 Å². The number of nitrogens with one attached hydrogen (secondary N) is 1. The Hall–Kier alpha value is -3.56. The van der Waals surface area contributed by atoms with Crippen LogP contribution in [0.5, 0.6) is 5.75 Å². The van der Waals surface area contributed by atoms with Crippen molar-refractivity contribution in [3.05, 3.63) is 59.4 Å². The molecule has 3 N–H and O–H groups in total. The molecule has 0 radical (unpaired) electrons. The number of benzene rings is 2. The van der Waals surface area contributed by atoms with Crippen molar-refractivity contribution in [2.24, 2.45) is 0 Å². The van der Waals surface area contributed by atoms with Gasteiger partial charge in [-0.25, -0.2) is 0 Å². The van der Waals surface area contributed by atoms with Gasteiger partial charge in [-0.2, -0.15) is 18.2 Å². The summed E-state index contributed by atoms with van der Waals surface area (Å²) in [5.74, 6) is 0.257. The minimum Gasteiger partial charge on any atom is -0.491 e. The van der Waals surface area contributed by atoms with Gasteiger partial charge in [-0.05, 0) is 35.4 Å². The van der Waals surface area contributed by atoms with Crippen LogP contribution >= 0.6 is 0 Å². The monoisotopic (exact) mass is 403 g/mol. The molecule has 1 aliphatic heterocycles. The summed E-state index contributed by atoms with van der Waals surface area (Å²) in [7, 11) is 0. The molecule has 1 amide bonds. The molecule has 0 atom stereocenters. The summed E-state index contributed by atoms with van der Waals surface area (Å²) in [4.78, 5) is 18.0. The lowest BCUT2D eigenvalue weighted by atomic mass is 10.0. The molecule has 0 unspecified atom stereocenters. The number of carbonyl (C=O) groups excluding carboxylic acids is 1. The number of rotatable bonds is 2. The summed E-state index contributed by atoms with van der Waals surface area (Å²) in [6, 6.07) is 10.3. The second kappa shape index (κ2) is 7.12. The Balaban J connectivity index is 1.61. The normalized spacial score (nSPS) is 14.1. The third-order valence-electron chi connectivity index (χ3n) is 4.58. The molecule has 0 bridgehead atoms. The van der Waals surface area contributed by atoms with Crippen LogP contribution in [0.1, 0.15) is 21.7 Å². The number of fused-ring (bicyclic) bond motifs is 1. The van der Waals surface area contributed by atoms with Gasteiger partial charge < -0.3 is 15.4 Å². The number of halogens is 3. The molecule has 7 nitrogen and oxygen atoms in total. The van der Waals surface area contributed by atoms with E-state index in [4.69, 9.17) is 10.5 Å². The second-order valence-electron chi connectivity index (χ2n) is 6.51. The van der Waals surface area contributed by atoms with E-state index in [9.17, 15) is 18.0 Å². The third kappa shape index (κ3) is 3.86. The molecule has 150 valence electrons. The smallest absolute Gasteiger partial charge is 0.416 e. The van der Waals surface area contributed by atoms with E-state index >= 15 is 0 Å². The van der Waals surface area contributed by atoms with Gasteiger partial charge in [-0.3, -0.25) is 9.89 Å². The van der Waals surface area contributed by atoms with Gasteiger partial charge in [0, 0.05) is 12.1 Å². The highest BCUT2D eigenvalue weighted by Gasteiger charge is 2.30. The number of nitrogens with two attached hydrogens (primary N) is 1. The van der Waals surface area contributed by atoms with Crippen LogP contribution in [0.4, 0.5) is 19.1 Å². The molecule has 0 spiro atoms. The van der Waals surface area contributed by atoms with E-state index in [1.807, 2.05) is 0 Å². The van der Waals surface area contributed by atoms with Crippen molar-refractivity contribution in [2.75, 3.05) is 18.9 Å². The first-order chi connectivity index (χ1) is 13.8. The van der Waals surface area contributed by atoms with Gasteiger partial charge in [-0.15, -0.1) is 5.10 Å². The zero-order chi connectivity index (χ0) is 20.6. The van der Waals surface area contributed by atoms with Gasteiger partial charge in [0.25, 0.3) is 5.91 Å². The molecular formula is C19H16F3N5O2. The summed E-state index contributed by atoms with van der Waals surface area (Å²) in [5.41, 5.74) is 6.84. The average molecular weight is 403 g/mol. The Labute approximate surface area is 163 Å². The molecule has 10 heteroatoms. The standard InChI is InChI=1S/C19H16F3N5O2/c20-19(21,22)14-4-1-11(2-5-14)12-3-6-15-13(9-12)10-27(7-8-29-15)17(28)16-24-18(23)26-25-16/h1-6,9H,7-8,10H2,(H3,23,24,25,26). The summed E-state index contributed by atoms with van der Waals surface area (Å²) in [6.07, 6.45) is -4.38. The number of alkyl halides is 3. The van der Waals surface area contributed by atoms with Crippen molar-refractivity contribution in [3.63, 3.8) is 0 Å². The number of hydrogen-bond acceptors (Lipinski definition) is 5. The number of anilines is 1. The molecule has 0 aliphatic carbocycles. The highest BCUT2D eigenvalue weighted by molar-refractivity contribution is 5.90. The van der Waals surface area contributed by atoms with Crippen molar-refractivity contribution < 1.29 is 22.7 Å². The Morgan fingerprint density at radius 3 is 2.52 bits per heavy atom. The first-order valence-corrected chi connectivity index (χ1v) is 8.72. The topological polar surface area (TPSA) is 97.1 Å². The quantitative estimate of drug-likeness (QED) is 0.685. The number of carbonyl (C=O) groups is 1. The fraction of sp³-hybridized carbons (Fsp3) is 0.211. The van der Waals surface area contributed by atoms with Crippen molar-refractivity contribution in [1.82, 2.24) is 20.1 Å². The molecule has 0 fully saturated rings. The van der Waals surface area contributed by atoms with Gasteiger partial charge in [0.15, 0.2) is 0 Å². The highest BCUT2D eigenvalue weighted by Crippen LogP contribution is 2.33. The fourth-order valence-corrected chi connectivity index (χ4v) is 3.12. The first kappa shape index (κ1) is 18.8. The lowest BCUT2D eigenvalue weighted by Crippen LogP contribution is -2.33. The van der Waals surface area contributed by atoms with Crippen LogP contribution in [-0.2, 0) is 12.7 Å². The third-order valence-corrected chi connectivity index (χ3v) is 4.58. The van der Waals surface area contributed by atoms with Crippen molar-refractivity contribution in [3.8, 4) is 16.9 Å². The number of amides is 1. The molecule has 0 saturated heterocycles. The van der Waals surface area contributed by atoms with Crippen molar-refractivity contribution in [1.29, 1.82) is 0 Å². The number of nitrogens with zero attached hydrogens (tertiary/aromatic N) is 3. The predicted octanol–water partition coefficient (Wildman–Crippen LogP) is 3.11. The molecule has 0 saturated carbocycles. The summed E-state index contributed by atoms with van der Waals surface area (Å²) in [6.45, 7) is 0.884. The van der Waals surface area contributed by atoms with E-state index in [1.54, 1.807) is 23.1 Å². The molecule has 1 aliphatic rings. The highest BCUT2D eigenvalue weighted by atomic mass is 19.4. The van der Waals surface area contributed by atoms with Gasteiger partial charge in [0.2, 0.25) is 11.8 Å². The Bertz CT molecular complexity index is 1050. The number of hydrogen-bond donors (Lipinski definition) is 2. The molecule has 2 aromatic carbocycles. The Kier molecular flexibility index (Phi) is 4.61. The van der Waals surface area contributed by atoms with Crippen LogP contribution < -0.4 is 10.5 Å². The van der Waals surface area contributed by atoms with Crippen molar-refractivity contribution >= 4 is 11.9 Å². The van der Waals surface area contributed by atoms with E-state index in [2.05, 4.69) is 15.2 Å². The molecular weight excluding hydrogens is 387 g/mol. The molecule has 3 aromatic rings. The summed E-state index contributed by atoms with van der Waals surface area (Å²) >= 11 is 0. The van der Waals surface area contributed by atoms with Gasteiger partial charge in [-0.1, -0.05) is 18.2 Å². The summed E-state index contributed by atoms with van der Waals surface area (Å²) in [5, 5.41) is 6.15. The second-order valence-corrected chi connectivity index (χ2v) is 6.51. The van der Waals surface area contributed by atoms with E-state index in [0.29, 0.717) is 24.5 Å². The largest absolute Gasteiger partial charge is 0.491 e. The maximum absolute atomic E-state index is 12.8. The van der Waals surface area contributed by atoms with Gasteiger partial charge in [0.05, 0.1) is 12.1 Å². The van der Waals surface area contributed by atoms with E-state index < -0.39 is 11.7 Å². The molecule has 1 aromatic heterocycles. The molecule has 2 heterocycles. The fourth-order valence-electron chi connectivity index (χ4n) is 3.12. The van der Waals surface area contributed by atoms with E-state index in [1.165, 1.54) is 12.1 Å². The lowest BCUT2D eigenvalue weighted by Gasteiger charge is -2.18. The number of H-pyrrole nitrogens is 1. The van der Waals surface area contributed by atoms with Crippen LogP contribution in [0, 0.1) is 0 Å².